The predicted molar refractivity (Wildman–Crippen MR) is 83.5 cm³/mol. The number of nitrogens with one attached hydrogen (secondary N) is 1. The molecule has 0 aromatic carbocycles. The predicted octanol–water partition coefficient (Wildman–Crippen LogP) is 3.66. The maximum atomic E-state index is 3.78. The van der Waals surface area contributed by atoms with Crippen molar-refractivity contribution in [3.8, 4) is 0 Å². The number of rotatable bonds is 2. The number of hydrogen-bond donors (Lipinski definition) is 1. The lowest BCUT2D eigenvalue weighted by Gasteiger charge is -2.41. The molecule has 1 N–H and O–H groups in total. The van der Waals surface area contributed by atoms with Gasteiger partial charge >= 0.3 is 0 Å². The summed E-state index contributed by atoms with van der Waals surface area (Å²) in [6.45, 7) is 12.2. The van der Waals surface area contributed by atoms with Crippen LogP contribution in [0, 0.1) is 11.8 Å². The van der Waals surface area contributed by atoms with Crippen LogP contribution in [0.5, 0.6) is 0 Å². The molecule has 0 bridgehead atoms. The van der Waals surface area contributed by atoms with Crippen LogP contribution in [0.3, 0.4) is 0 Å². The highest BCUT2D eigenvalue weighted by Gasteiger charge is 2.29. The van der Waals surface area contributed by atoms with Crippen molar-refractivity contribution in [3.63, 3.8) is 0 Å². The highest BCUT2D eigenvalue weighted by atomic mass is 15.2. The maximum absolute atomic E-state index is 3.78. The van der Waals surface area contributed by atoms with Crippen LogP contribution in [0.2, 0.25) is 0 Å². The fraction of sp³-hybridized carbons (Fsp3) is 1.00. The van der Waals surface area contributed by atoms with Gasteiger partial charge in [0.05, 0.1) is 0 Å². The summed E-state index contributed by atoms with van der Waals surface area (Å²) in [4.78, 5) is 2.82. The van der Waals surface area contributed by atoms with Crippen molar-refractivity contribution in [2.45, 2.75) is 84.3 Å². The first-order valence-corrected chi connectivity index (χ1v) is 8.60. The second kappa shape index (κ2) is 7.08. The van der Waals surface area contributed by atoms with E-state index in [2.05, 4.69) is 37.9 Å². The lowest BCUT2D eigenvalue weighted by molar-refractivity contribution is 0.0924. The average Bonchev–Trinajstić information content (AvgIpc) is 2.38. The molecule has 1 saturated heterocycles. The van der Waals surface area contributed by atoms with E-state index in [1.807, 2.05) is 0 Å². The largest absolute Gasteiger partial charge is 0.311 e. The fourth-order valence-electron chi connectivity index (χ4n) is 3.90. The lowest BCUT2D eigenvalue weighted by atomic mass is 9.78. The third-order valence-corrected chi connectivity index (χ3v) is 5.71. The molecular weight excluding hydrogens is 232 g/mol. The molecule has 5 atom stereocenters. The van der Waals surface area contributed by atoms with Crippen molar-refractivity contribution in [3.05, 3.63) is 0 Å². The highest BCUT2D eigenvalue weighted by molar-refractivity contribution is 4.85. The summed E-state index contributed by atoms with van der Waals surface area (Å²) in [5.74, 6) is 1.86. The van der Waals surface area contributed by atoms with Crippen molar-refractivity contribution in [2.24, 2.45) is 11.8 Å². The van der Waals surface area contributed by atoms with E-state index in [4.69, 9.17) is 0 Å². The Morgan fingerprint density at radius 1 is 0.947 bits per heavy atom. The zero-order valence-corrected chi connectivity index (χ0v) is 13.5. The molecule has 1 aliphatic carbocycles. The topological polar surface area (TPSA) is 15.3 Å². The molecule has 2 aliphatic rings. The van der Waals surface area contributed by atoms with Gasteiger partial charge in [0.1, 0.15) is 0 Å². The van der Waals surface area contributed by atoms with E-state index in [0.717, 1.165) is 23.9 Å². The van der Waals surface area contributed by atoms with Crippen molar-refractivity contribution < 1.29 is 0 Å². The molecule has 2 rings (SSSR count). The molecule has 0 aromatic heterocycles. The molecule has 2 nitrogen and oxygen atoms in total. The van der Waals surface area contributed by atoms with Crippen LogP contribution < -0.4 is 5.32 Å². The van der Waals surface area contributed by atoms with Crippen LogP contribution in [0.15, 0.2) is 0 Å². The molecule has 2 heteroatoms. The standard InChI is InChI=1S/C17H34N2/c1-5-16-9-11-19(10-8-15(4)18-16)17-7-6-13(2)14(3)12-17/h13-18H,5-12H2,1-4H3. The summed E-state index contributed by atoms with van der Waals surface area (Å²) in [6.07, 6.45) is 8.23. The van der Waals surface area contributed by atoms with Crippen LogP contribution in [-0.2, 0) is 0 Å². The molecule has 5 unspecified atom stereocenters. The van der Waals surface area contributed by atoms with Crippen molar-refractivity contribution in [1.82, 2.24) is 10.2 Å². The molecule has 1 heterocycles. The van der Waals surface area contributed by atoms with Gasteiger partial charge in [-0.2, -0.15) is 0 Å². The normalized spacial score (nSPS) is 42.6. The first kappa shape index (κ1) is 15.3. The van der Waals surface area contributed by atoms with Gasteiger partial charge in [0, 0.05) is 18.1 Å². The monoisotopic (exact) mass is 266 g/mol. The van der Waals surface area contributed by atoms with Crippen molar-refractivity contribution in [1.29, 1.82) is 0 Å². The average molecular weight is 266 g/mol. The van der Waals surface area contributed by atoms with Crippen LogP contribution in [0.25, 0.3) is 0 Å². The first-order chi connectivity index (χ1) is 9.10. The number of hydrogen-bond acceptors (Lipinski definition) is 2. The molecular formula is C17H34N2. The summed E-state index contributed by atoms with van der Waals surface area (Å²) < 4.78 is 0. The second-order valence-electron chi connectivity index (χ2n) is 7.21. The van der Waals surface area contributed by atoms with Crippen LogP contribution >= 0.6 is 0 Å². The van der Waals surface area contributed by atoms with Crippen LogP contribution in [0.4, 0.5) is 0 Å². The molecule has 0 spiro atoms. The zero-order chi connectivity index (χ0) is 13.8. The number of nitrogens with zero attached hydrogens (tertiary/aromatic N) is 1. The molecule has 19 heavy (non-hydrogen) atoms. The molecule has 0 amide bonds. The third-order valence-electron chi connectivity index (χ3n) is 5.71. The van der Waals surface area contributed by atoms with E-state index in [1.165, 1.54) is 51.6 Å². The Labute approximate surface area is 120 Å². The minimum atomic E-state index is 0.688. The first-order valence-electron chi connectivity index (χ1n) is 8.60. The van der Waals surface area contributed by atoms with E-state index in [9.17, 15) is 0 Å². The lowest BCUT2D eigenvalue weighted by Crippen LogP contribution is -2.48. The third kappa shape index (κ3) is 4.19. The van der Waals surface area contributed by atoms with Gasteiger partial charge in [-0.05, 0) is 70.4 Å². The molecule has 112 valence electrons. The summed E-state index contributed by atoms with van der Waals surface area (Å²) >= 11 is 0. The smallest absolute Gasteiger partial charge is 0.00980 e. The van der Waals surface area contributed by atoms with Gasteiger partial charge in [0.2, 0.25) is 0 Å². The van der Waals surface area contributed by atoms with Gasteiger partial charge in [-0.1, -0.05) is 20.8 Å². The Bertz CT molecular complexity index is 266. The van der Waals surface area contributed by atoms with Gasteiger partial charge in [-0.25, -0.2) is 0 Å². The molecule has 0 radical (unpaired) electrons. The molecule has 2 fully saturated rings. The van der Waals surface area contributed by atoms with Gasteiger partial charge in [0.25, 0.3) is 0 Å². The fourth-order valence-corrected chi connectivity index (χ4v) is 3.90. The SMILES string of the molecule is CCC1CCN(C2CCC(C)C(C)C2)CCC(C)N1. The van der Waals surface area contributed by atoms with Crippen LogP contribution in [-0.4, -0.2) is 36.1 Å². The van der Waals surface area contributed by atoms with Crippen LogP contribution in [0.1, 0.15) is 66.2 Å². The quantitative estimate of drug-likeness (QED) is 0.820. The Balaban J connectivity index is 1.91. The van der Waals surface area contributed by atoms with Gasteiger partial charge < -0.3 is 10.2 Å². The van der Waals surface area contributed by atoms with Gasteiger partial charge in [-0.15, -0.1) is 0 Å². The minimum Gasteiger partial charge on any atom is -0.311 e. The minimum absolute atomic E-state index is 0.688. The van der Waals surface area contributed by atoms with E-state index in [-0.39, 0.29) is 0 Å². The van der Waals surface area contributed by atoms with Gasteiger partial charge in [-0.3, -0.25) is 0 Å². The Morgan fingerprint density at radius 3 is 2.37 bits per heavy atom. The Morgan fingerprint density at radius 2 is 1.68 bits per heavy atom. The summed E-state index contributed by atoms with van der Waals surface area (Å²) in [5.41, 5.74) is 0. The van der Waals surface area contributed by atoms with E-state index in [0.29, 0.717) is 6.04 Å². The molecule has 1 saturated carbocycles. The highest BCUT2D eigenvalue weighted by Crippen LogP contribution is 2.32. The summed E-state index contributed by atoms with van der Waals surface area (Å²) in [5, 5.41) is 3.78. The summed E-state index contributed by atoms with van der Waals surface area (Å²) in [6, 6.07) is 2.29. The van der Waals surface area contributed by atoms with E-state index >= 15 is 0 Å². The Hall–Kier alpha value is -0.0800. The van der Waals surface area contributed by atoms with E-state index in [1.54, 1.807) is 0 Å². The molecule has 1 aliphatic heterocycles. The van der Waals surface area contributed by atoms with Crippen molar-refractivity contribution >= 4 is 0 Å². The summed E-state index contributed by atoms with van der Waals surface area (Å²) in [7, 11) is 0. The van der Waals surface area contributed by atoms with Crippen molar-refractivity contribution in [2.75, 3.05) is 13.1 Å². The molecule has 0 aromatic rings. The zero-order valence-electron chi connectivity index (χ0n) is 13.5. The van der Waals surface area contributed by atoms with E-state index < -0.39 is 0 Å². The Kier molecular flexibility index (Phi) is 5.70. The maximum Gasteiger partial charge on any atom is 0.00980 e. The van der Waals surface area contributed by atoms with Gasteiger partial charge in [0.15, 0.2) is 0 Å². The second-order valence-corrected chi connectivity index (χ2v) is 7.21.